The van der Waals surface area contributed by atoms with Gasteiger partial charge in [0.15, 0.2) is 0 Å². The van der Waals surface area contributed by atoms with Gasteiger partial charge in [0, 0.05) is 6.54 Å². The van der Waals surface area contributed by atoms with Crippen LogP contribution in [0.1, 0.15) is 37.7 Å². The zero-order valence-corrected chi connectivity index (χ0v) is 17.1. The summed E-state index contributed by atoms with van der Waals surface area (Å²) in [7, 11) is 0. The zero-order valence-electron chi connectivity index (χ0n) is 17.1. The van der Waals surface area contributed by atoms with Gasteiger partial charge in [0.25, 0.3) is 0 Å². The van der Waals surface area contributed by atoms with Gasteiger partial charge in [-0.3, -0.25) is 0 Å². The van der Waals surface area contributed by atoms with Gasteiger partial charge in [-0.05, 0) is 54.1 Å². The first-order chi connectivity index (χ1) is 14.8. The van der Waals surface area contributed by atoms with Crippen LogP contribution in [0.25, 0.3) is 22.2 Å². The standard InChI is InChI=1S/C21H25N3.C2HF3O2/c1-2-4-16(5-3-1)13-22-14-17-6-8-18(9-7-17)19-10-11-20-21(12-19)24-15-23-20;3-2(4,5)1(6)7/h6-12,15-16,22H,1-5,13-14H2,(H,23,24);(H,6,7). The molecule has 0 unspecified atom stereocenters. The number of benzene rings is 2. The number of hydrogen-bond donors (Lipinski definition) is 3. The Hall–Kier alpha value is -2.87. The second kappa shape index (κ2) is 10.4. The van der Waals surface area contributed by atoms with Crippen molar-refractivity contribution in [3.8, 4) is 11.1 Å². The van der Waals surface area contributed by atoms with Gasteiger partial charge in [0.05, 0.1) is 17.4 Å². The molecular formula is C23H26F3N3O2. The minimum atomic E-state index is -5.08. The molecule has 3 aromatic rings. The van der Waals surface area contributed by atoms with Gasteiger partial charge >= 0.3 is 12.1 Å². The molecule has 0 radical (unpaired) electrons. The number of imidazole rings is 1. The summed E-state index contributed by atoms with van der Waals surface area (Å²) in [5.74, 6) is -1.87. The summed E-state index contributed by atoms with van der Waals surface area (Å²) in [6, 6.07) is 15.3. The molecule has 1 aromatic heterocycles. The van der Waals surface area contributed by atoms with Gasteiger partial charge in [-0.1, -0.05) is 49.6 Å². The van der Waals surface area contributed by atoms with E-state index >= 15 is 0 Å². The van der Waals surface area contributed by atoms with Crippen LogP contribution in [0.5, 0.6) is 0 Å². The molecule has 1 aliphatic rings. The maximum atomic E-state index is 10.6. The predicted molar refractivity (Wildman–Crippen MR) is 114 cm³/mol. The number of H-pyrrole nitrogens is 1. The minimum absolute atomic E-state index is 0.888. The van der Waals surface area contributed by atoms with Crippen molar-refractivity contribution in [2.24, 2.45) is 5.92 Å². The van der Waals surface area contributed by atoms with Gasteiger partial charge in [-0.15, -0.1) is 0 Å². The highest BCUT2D eigenvalue weighted by Gasteiger charge is 2.38. The number of aromatic nitrogens is 2. The molecule has 1 fully saturated rings. The smallest absolute Gasteiger partial charge is 0.475 e. The monoisotopic (exact) mass is 433 g/mol. The number of aliphatic carboxylic acids is 1. The summed E-state index contributed by atoms with van der Waals surface area (Å²) in [4.78, 5) is 16.4. The van der Waals surface area contributed by atoms with Crippen LogP contribution in [-0.2, 0) is 11.3 Å². The van der Waals surface area contributed by atoms with E-state index in [9.17, 15) is 13.2 Å². The van der Waals surface area contributed by atoms with E-state index in [4.69, 9.17) is 9.90 Å². The molecular weight excluding hydrogens is 407 g/mol. The molecule has 0 saturated heterocycles. The lowest BCUT2D eigenvalue weighted by molar-refractivity contribution is -0.192. The lowest BCUT2D eigenvalue weighted by atomic mass is 9.89. The highest BCUT2D eigenvalue weighted by molar-refractivity contribution is 5.81. The van der Waals surface area contributed by atoms with E-state index < -0.39 is 12.1 Å². The van der Waals surface area contributed by atoms with Crippen LogP contribution >= 0.6 is 0 Å². The molecule has 4 rings (SSSR count). The molecule has 31 heavy (non-hydrogen) atoms. The van der Waals surface area contributed by atoms with E-state index in [-0.39, 0.29) is 0 Å². The Morgan fingerprint density at radius 2 is 1.71 bits per heavy atom. The van der Waals surface area contributed by atoms with Gasteiger partial charge in [-0.25, -0.2) is 9.78 Å². The summed E-state index contributed by atoms with van der Waals surface area (Å²) in [6.45, 7) is 2.13. The molecule has 8 heteroatoms. The molecule has 0 aliphatic heterocycles. The maximum absolute atomic E-state index is 10.6. The number of nitrogens with zero attached hydrogens (tertiary/aromatic N) is 1. The van der Waals surface area contributed by atoms with Crippen molar-refractivity contribution in [3.05, 3.63) is 54.4 Å². The third-order valence-electron chi connectivity index (χ3n) is 5.44. The van der Waals surface area contributed by atoms with E-state index in [2.05, 4.69) is 57.7 Å². The van der Waals surface area contributed by atoms with Crippen molar-refractivity contribution >= 4 is 17.0 Å². The summed E-state index contributed by atoms with van der Waals surface area (Å²) in [6.07, 6.45) is 3.74. The van der Waals surface area contributed by atoms with Gasteiger partial charge in [-0.2, -0.15) is 13.2 Å². The molecule has 1 heterocycles. The number of fused-ring (bicyclic) bond motifs is 1. The fourth-order valence-electron chi connectivity index (χ4n) is 3.74. The maximum Gasteiger partial charge on any atom is 0.490 e. The van der Waals surface area contributed by atoms with Gasteiger partial charge in [0.2, 0.25) is 0 Å². The first-order valence-corrected chi connectivity index (χ1v) is 10.4. The zero-order chi connectivity index (χ0) is 22.3. The van der Waals surface area contributed by atoms with E-state index in [1.54, 1.807) is 6.33 Å². The summed E-state index contributed by atoms with van der Waals surface area (Å²) < 4.78 is 31.7. The third-order valence-corrected chi connectivity index (χ3v) is 5.44. The van der Waals surface area contributed by atoms with E-state index in [0.29, 0.717) is 0 Å². The number of rotatable bonds is 5. The Labute approximate surface area is 178 Å². The molecule has 0 atom stereocenters. The highest BCUT2D eigenvalue weighted by atomic mass is 19.4. The number of hydrogen-bond acceptors (Lipinski definition) is 3. The van der Waals surface area contributed by atoms with E-state index in [0.717, 1.165) is 30.0 Å². The molecule has 3 N–H and O–H groups in total. The van der Waals surface area contributed by atoms with Crippen molar-refractivity contribution in [3.63, 3.8) is 0 Å². The average Bonchev–Trinajstić information content (AvgIpc) is 3.23. The largest absolute Gasteiger partial charge is 0.490 e. The van der Waals surface area contributed by atoms with Crippen LogP contribution in [0.4, 0.5) is 13.2 Å². The molecule has 2 aromatic carbocycles. The van der Waals surface area contributed by atoms with E-state index in [1.165, 1.54) is 48.8 Å². The number of carboxylic acids is 1. The van der Waals surface area contributed by atoms with Gasteiger partial charge < -0.3 is 15.4 Å². The van der Waals surface area contributed by atoms with Crippen molar-refractivity contribution < 1.29 is 23.1 Å². The normalized spacial score (nSPS) is 14.8. The topological polar surface area (TPSA) is 78.0 Å². The number of aromatic amines is 1. The number of nitrogens with one attached hydrogen (secondary N) is 2. The highest BCUT2D eigenvalue weighted by Crippen LogP contribution is 2.24. The lowest BCUT2D eigenvalue weighted by Gasteiger charge is -2.21. The van der Waals surface area contributed by atoms with Crippen molar-refractivity contribution in [2.75, 3.05) is 6.54 Å². The summed E-state index contributed by atoms with van der Waals surface area (Å²) in [5, 5.41) is 10.8. The number of halogens is 3. The quantitative estimate of drug-likeness (QED) is 0.494. The van der Waals surface area contributed by atoms with Crippen LogP contribution in [0.2, 0.25) is 0 Å². The molecule has 1 saturated carbocycles. The van der Waals surface area contributed by atoms with Gasteiger partial charge in [0.1, 0.15) is 0 Å². The van der Waals surface area contributed by atoms with E-state index in [1.807, 2.05) is 0 Å². The van der Waals surface area contributed by atoms with Crippen molar-refractivity contribution in [2.45, 2.75) is 44.8 Å². The molecule has 1 aliphatic carbocycles. The van der Waals surface area contributed by atoms with Crippen LogP contribution in [0.15, 0.2) is 48.8 Å². The Morgan fingerprint density at radius 3 is 2.35 bits per heavy atom. The van der Waals surface area contributed by atoms with Crippen LogP contribution in [0, 0.1) is 5.92 Å². The molecule has 0 spiro atoms. The summed E-state index contributed by atoms with van der Waals surface area (Å²) in [5.41, 5.74) is 5.95. The lowest BCUT2D eigenvalue weighted by Crippen LogP contribution is -2.24. The summed E-state index contributed by atoms with van der Waals surface area (Å²) >= 11 is 0. The second-order valence-electron chi connectivity index (χ2n) is 7.77. The Balaban J connectivity index is 0.000000339. The predicted octanol–water partition coefficient (Wildman–Crippen LogP) is 5.53. The molecule has 0 amide bonds. The fraction of sp³-hybridized carbons (Fsp3) is 0.391. The molecule has 166 valence electrons. The van der Waals surface area contributed by atoms with Crippen molar-refractivity contribution in [1.82, 2.24) is 15.3 Å². The van der Waals surface area contributed by atoms with Crippen LogP contribution in [0.3, 0.4) is 0 Å². The fourth-order valence-corrected chi connectivity index (χ4v) is 3.74. The SMILES string of the molecule is O=C(O)C(F)(F)F.c1nc2ccc(-c3ccc(CNCC4CCCCC4)cc3)cc2[nH]1. The third kappa shape index (κ3) is 6.82. The van der Waals surface area contributed by atoms with Crippen LogP contribution in [-0.4, -0.2) is 33.8 Å². The van der Waals surface area contributed by atoms with Crippen LogP contribution < -0.4 is 5.32 Å². The van der Waals surface area contributed by atoms with Crippen molar-refractivity contribution in [1.29, 1.82) is 0 Å². The molecule has 0 bridgehead atoms. The first kappa shape index (κ1) is 22.8. The minimum Gasteiger partial charge on any atom is -0.475 e. The average molecular weight is 433 g/mol. The first-order valence-electron chi connectivity index (χ1n) is 10.4. The Kier molecular flexibility index (Phi) is 7.68. The Bertz CT molecular complexity index is 978. The second-order valence-corrected chi connectivity index (χ2v) is 7.77. The number of carbonyl (C=O) groups is 1. The Morgan fingerprint density at radius 1 is 1.06 bits per heavy atom. The number of carboxylic acid groups (broad SMARTS) is 1. The molecule has 5 nitrogen and oxygen atoms in total. The number of alkyl halides is 3.